The number of nitrogens with zero attached hydrogens (tertiary/aromatic N) is 6. The molecular weight excluding hydrogens is 1980 g/mol. The van der Waals surface area contributed by atoms with Crippen molar-refractivity contribution in [3.05, 3.63) is 558 Å². The molecule has 9 heteroatoms. The van der Waals surface area contributed by atoms with Crippen LogP contribution in [0.25, 0.3) is 196 Å². The van der Waals surface area contributed by atoms with Gasteiger partial charge in [0.15, 0.2) is 0 Å². The molecule has 147 heavy (non-hydrogen) atoms. The summed E-state index contributed by atoms with van der Waals surface area (Å²) < 4.78 is 15.9. The molecule has 0 aliphatic carbocycles. The summed E-state index contributed by atoms with van der Waals surface area (Å²) in [5.74, 6) is 0. The Morgan fingerprint density at radius 2 is 0.361 bits per heavy atom. The minimum absolute atomic E-state index is 0.327. The fourth-order valence-electron chi connectivity index (χ4n) is 21.9. The summed E-state index contributed by atoms with van der Waals surface area (Å²) in [5.41, 5.74) is 33.2. The van der Waals surface area contributed by atoms with Crippen molar-refractivity contribution in [3.63, 3.8) is 0 Å². The second kappa shape index (κ2) is 38.3. The summed E-state index contributed by atoms with van der Waals surface area (Å²) >= 11 is 1.02. The van der Waals surface area contributed by atoms with Crippen LogP contribution in [0.3, 0.4) is 0 Å². The monoisotopic (exact) mass is 2070 g/mol. The SMILES string of the molecule is c1ccc(-c2ccc(N(c3ccc(-c4ccc5c(c4)c4ccccc4n5-c4ccccc4)cc3)c3ccc4[se]c5ccccc5c4c3)cc2)cc1.c1ccc(-c2ccccc2N(c2ccc(-c3ccc4c(c3)c3ccccc3n4-c3ccccc3)cc2)c2ccc3[se]c4ccccc4c3c2)cc1.c1ccc(N(c2ccc(-c3ccc4c(c3)c3ccccc3n4-c3ccccc3)cc2)c2ccc3[se]c4ccccc4c3c2)cc1. The molecule has 0 saturated carbocycles. The molecule has 0 bridgehead atoms. The summed E-state index contributed by atoms with van der Waals surface area (Å²) in [7, 11) is 0. The van der Waals surface area contributed by atoms with Gasteiger partial charge in [0.1, 0.15) is 0 Å². The predicted molar refractivity (Wildman–Crippen MR) is 629 cm³/mol. The number of aromatic nitrogens is 3. The van der Waals surface area contributed by atoms with Crippen molar-refractivity contribution in [1.82, 2.24) is 13.7 Å². The normalized spacial score (nSPS) is 11.5. The number of anilines is 9. The molecule has 29 rings (SSSR count). The Kier molecular flexibility index (Phi) is 23.0. The first-order valence-corrected chi connectivity index (χ1v) is 55.1. The van der Waals surface area contributed by atoms with Gasteiger partial charge < -0.3 is 13.7 Å². The number of hydrogen-bond acceptors (Lipinski definition) is 3. The molecule has 0 fully saturated rings. The van der Waals surface area contributed by atoms with Gasteiger partial charge in [-0.05, 0) is 54.6 Å². The summed E-state index contributed by atoms with van der Waals surface area (Å²) in [6.45, 7) is 0. The number of hydrogen-bond donors (Lipinski definition) is 0. The van der Waals surface area contributed by atoms with Gasteiger partial charge in [-0.25, -0.2) is 0 Å². The van der Waals surface area contributed by atoms with Gasteiger partial charge in [-0.15, -0.1) is 0 Å². The van der Waals surface area contributed by atoms with Crippen LogP contribution in [-0.4, -0.2) is 57.2 Å². The van der Waals surface area contributed by atoms with Gasteiger partial charge in [0.25, 0.3) is 0 Å². The van der Waals surface area contributed by atoms with Crippen molar-refractivity contribution < 1.29 is 0 Å². The molecule has 0 atom stereocenters. The molecule has 23 aromatic carbocycles. The molecule has 6 nitrogen and oxygen atoms in total. The van der Waals surface area contributed by atoms with Crippen LogP contribution in [0.1, 0.15) is 0 Å². The molecule has 29 aromatic rings. The van der Waals surface area contributed by atoms with Crippen LogP contribution in [0, 0.1) is 0 Å². The quantitative estimate of drug-likeness (QED) is 0.0850. The van der Waals surface area contributed by atoms with Crippen LogP contribution in [0.4, 0.5) is 51.2 Å². The minimum atomic E-state index is 0.327. The van der Waals surface area contributed by atoms with E-state index in [9.17, 15) is 0 Å². The van der Waals surface area contributed by atoms with E-state index in [4.69, 9.17) is 0 Å². The molecule has 0 unspecified atom stereocenters. The van der Waals surface area contributed by atoms with Crippen LogP contribution < -0.4 is 14.7 Å². The van der Waals surface area contributed by atoms with Crippen LogP contribution >= 0.6 is 0 Å². The summed E-state index contributed by atoms with van der Waals surface area (Å²) in [5, 5.41) is 15.8. The van der Waals surface area contributed by atoms with Gasteiger partial charge in [-0.1, -0.05) is 115 Å². The van der Waals surface area contributed by atoms with E-state index in [0.29, 0.717) is 43.5 Å². The van der Waals surface area contributed by atoms with Crippen LogP contribution in [0.15, 0.2) is 558 Å². The van der Waals surface area contributed by atoms with Gasteiger partial charge >= 0.3 is 627 Å². The molecule has 0 aliphatic rings. The van der Waals surface area contributed by atoms with Crippen LogP contribution in [-0.2, 0) is 0 Å². The zero-order valence-corrected chi connectivity index (χ0v) is 85.2. The summed E-state index contributed by atoms with van der Waals surface area (Å²) in [4.78, 5) is 7.19. The Morgan fingerprint density at radius 3 is 0.714 bits per heavy atom. The van der Waals surface area contributed by atoms with E-state index in [0.717, 1.165) is 45.5 Å². The first-order valence-electron chi connectivity index (χ1n) is 50.0. The van der Waals surface area contributed by atoms with E-state index in [2.05, 4.69) is 587 Å². The maximum atomic E-state index is 2.43. The summed E-state index contributed by atoms with van der Waals surface area (Å²) in [6.07, 6.45) is 0. The molecule has 0 amide bonds. The predicted octanol–water partition coefficient (Wildman–Crippen LogP) is 37.2. The number of fused-ring (bicyclic) bond motifs is 18. The molecule has 0 spiro atoms. The van der Waals surface area contributed by atoms with Crippen molar-refractivity contribution in [2.45, 2.75) is 0 Å². The Labute approximate surface area is 869 Å². The topological polar surface area (TPSA) is 24.5 Å². The van der Waals surface area contributed by atoms with E-state index in [1.807, 2.05) is 0 Å². The fourth-order valence-corrected chi connectivity index (χ4v) is 28.7. The van der Waals surface area contributed by atoms with Crippen molar-refractivity contribution >= 4 is 218 Å². The molecule has 692 valence electrons. The van der Waals surface area contributed by atoms with Crippen LogP contribution in [0.5, 0.6) is 0 Å². The third-order valence-corrected chi connectivity index (χ3v) is 36.0. The first kappa shape index (κ1) is 88.4. The van der Waals surface area contributed by atoms with Gasteiger partial charge in [0.2, 0.25) is 0 Å². The number of rotatable bonds is 17. The average molecular weight is 2070 g/mol. The zero-order valence-electron chi connectivity index (χ0n) is 80.0. The molecule has 0 radical (unpaired) electrons. The Bertz CT molecular complexity index is 9970. The van der Waals surface area contributed by atoms with Crippen LogP contribution in [0.2, 0.25) is 0 Å². The van der Waals surface area contributed by atoms with E-state index in [1.54, 1.807) is 0 Å². The van der Waals surface area contributed by atoms with E-state index in [1.165, 1.54) is 202 Å². The second-order valence-electron chi connectivity index (χ2n) is 37.4. The van der Waals surface area contributed by atoms with Crippen molar-refractivity contribution in [2.75, 3.05) is 14.7 Å². The third-order valence-electron chi connectivity index (χ3n) is 28.8. The van der Waals surface area contributed by atoms with Gasteiger partial charge in [-0.3, -0.25) is 0 Å². The molecular formula is C138H92N6Se3. The van der Waals surface area contributed by atoms with Crippen molar-refractivity contribution in [3.8, 4) is 72.7 Å². The van der Waals surface area contributed by atoms with Crippen molar-refractivity contribution in [1.29, 1.82) is 0 Å². The van der Waals surface area contributed by atoms with E-state index in [-0.39, 0.29) is 0 Å². The molecule has 0 N–H and O–H groups in total. The standard InChI is InChI=1S/2C48H32N2Se.C42H28N2Se/c1-3-13-34(14-4-1)39-17-7-10-20-44(39)49(38-28-30-48-43(32-38)41-19-9-12-22-47(41)51-48)37-26-23-33(24-27-37)35-25-29-46-42(31-35)40-18-8-11-21-45(40)50(46)36-15-5-2-6-16-36;1-3-11-33(12-4-1)34-19-24-38(25-20-34)49(40-28-30-48-44(32-40)42-16-8-10-18-47(42)51-48)39-26-21-35(22-27-39)36-23-29-46-43(31-36)41-15-7-9-17-45(41)50(46)37-13-5-2-6-14-37;1-3-11-31(12-4-1)43(34-24-26-42-38(28-34)36-16-8-10-18-41(36)45-42)33-22-19-29(20-23-33)30-21-25-40-37(27-30)35-15-7-9-17-39(35)44(40)32-13-5-2-6-14-32/h2*1-32H;1-28H. The second-order valence-corrected chi connectivity index (χ2v) is 44.2. The third kappa shape index (κ3) is 16.4. The van der Waals surface area contributed by atoms with Gasteiger partial charge in [0.05, 0.1) is 33.1 Å². The van der Waals surface area contributed by atoms with Gasteiger partial charge in [-0.2, -0.15) is 0 Å². The molecule has 6 heterocycles. The Morgan fingerprint density at radius 1 is 0.129 bits per heavy atom. The fraction of sp³-hybridized carbons (Fsp3) is 0. The number of benzene rings is 23. The van der Waals surface area contributed by atoms with Gasteiger partial charge in [0, 0.05) is 33.2 Å². The maximum absolute atomic E-state index is 2.43. The summed E-state index contributed by atoms with van der Waals surface area (Å²) in [6, 6.07) is 203. The first-order chi connectivity index (χ1) is 72.9. The zero-order chi connectivity index (χ0) is 97.2. The van der Waals surface area contributed by atoms with Crippen molar-refractivity contribution in [2.24, 2.45) is 0 Å². The average Bonchev–Trinajstić information content (AvgIpc) is 1.61. The molecule has 6 aromatic heterocycles. The number of para-hydroxylation sites is 8. The molecule has 0 aliphatic heterocycles. The Hall–Kier alpha value is -17.6. The Balaban J connectivity index is 0.000000109. The molecule has 0 saturated heterocycles. The van der Waals surface area contributed by atoms with E-state index < -0.39 is 0 Å². The van der Waals surface area contributed by atoms with E-state index >= 15 is 0 Å².